The summed E-state index contributed by atoms with van der Waals surface area (Å²) in [4.78, 5) is 22.1. The summed E-state index contributed by atoms with van der Waals surface area (Å²) in [5.41, 5.74) is 2.42. The number of hydrogen-bond acceptors (Lipinski definition) is 6. The first-order valence-electron chi connectivity index (χ1n) is 8.55. The Morgan fingerprint density at radius 3 is 2.42 bits per heavy atom. The van der Waals surface area contributed by atoms with E-state index in [2.05, 4.69) is 16.5 Å². The van der Waals surface area contributed by atoms with Crippen molar-refractivity contribution in [2.45, 2.75) is 25.7 Å². The normalized spacial score (nSPS) is 14.9. The first-order valence-corrected chi connectivity index (χ1v) is 8.55. The van der Waals surface area contributed by atoms with E-state index in [0.717, 1.165) is 17.9 Å². The Morgan fingerprint density at radius 2 is 1.81 bits per heavy atom. The van der Waals surface area contributed by atoms with Crippen molar-refractivity contribution in [3.05, 3.63) is 42.1 Å². The van der Waals surface area contributed by atoms with Gasteiger partial charge in [-0.25, -0.2) is 0 Å². The molecule has 26 heavy (non-hydrogen) atoms. The van der Waals surface area contributed by atoms with Gasteiger partial charge in [0.05, 0.1) is 11.9 Å². The molecule has 0 spiro atoms. The van der Waals surface area contributed by atoms with Gasteiger partial charge in [0.15, 0.2) is 0 Å². The summed E-state index contributed by atoms with van der Waals surface area (Å²) in [6.07, 6.45) is 7.88. The Balaban J connectivity index is 0.000000260. The molecule has 0 aliphatic carbocycles. The molecule has 1 aromatic carbocycles. The van der Waals surface area contributed by atoms with Crippen molar-refractivity contribution in [3.8, 4) is 5.75 Å². The van der Waals surface area contributed by atoms with Gasteiger partial charge in [-0.05, 0) is 74.5 Å². The lowest BCUT2D eigenvalue weighted by Crippen LogP contribution is -2.27. The maximum Gasteiger partial charge on any atom is 0.117 e. The maximum atomic E-state index is 9.45. The molecule has 7 heteroatoms. The number of aryl methyl sites for hydroxylation is 1. The highest BCUT2D eigenvalue weighted by Gasteiger charge is 2.13. The summed E-state index contributed by atoms with van der Waals surface area (Å²) in [6, 6.07) is 5.58. The minimum absolute atomic E-state index is 0.328. The highest BCUT2D eigenvalue weighted by Crippen LogP contribution is 2.25. The van der Waals surface area contributed by atoms with Crippen molar-refractivity contribution in [2.24, 2.45) is 5.92 Å². The summed E-state index contributed by atoms with van der Waals surface area (Å²) in [6.45, 7) is 2.35. The summed E-state index contributed by atoms with van der Waals surface area (Å²) in [5, 5.41) is 32.9. The van der Waals surface area contributed by atoms with E-state index in [-0.39, 0.29) is 0 Å². The Kier molecular flexibility index (Phi) is 7.23. The molecule has 2 aromatic rings. The molecule has 0 atom stereocenters. The summed E-state index contributed by atoms with van der Waals surface area (Å²) >= 11 is 0. The average Bonchev–Trinajstić information content (AvgIpc) is 3.01. The molecular formula is C19H22N2O5-2. The van der Waals surface area contributed by atoms with Crippen molar-refractivity contribution in [1.29, 1.82) is 0 Å². The largest absolute Gasteiger partial charge is 0.545 e. The minimum Gasteiger partial charge on any atom is -0.545 e. The van der Waals surface area contributed by atoms with E-state index in [1.807, 2.05) is 6.07 Å². The van der Waals surface area contributed by atoms with E-state index < -0.39 is 11.9 Å². The smallest absolute Gasteiger partial charge is 0.117 e. The molecule has 2 heterocycles. The quantitative estimate of drug-likeness (QED) is 0.638. The number of H-pyrrole nitrogens is 1. The number of piperidine rings is 1. The van der Waals surface area contributed by atoms with Gasteiger partial charge < -0.3 is 35.2 Å². The molecule has 0 saturated carbocycles. The van der Waals surface area contributed by atoms with Crippen LogP contribution in [0.5, 0.6) is 5.75 Å². The number of aromatic hydroxyl groups is 1. The number of rotatable bonds is 5. The summed E-state index contributed by atoms with van der Waals surface area (Å²) in [7, 11) is 0. The number of carboxylic acids is 2. The predicted molar refractivity (Wildman–Crippen MR) is 93.0 cm³/mol. The van der Waals surface area contributed by atoms with E-state index in [9.17, 15) is 24.9 Å². The van der Waals surface area contributed by atoms with Crippen LogP contribution < -0.4 is 15.5 Å². The Morgan fingerprint density at radius 1 is 1.15 bits per heavy atom. The van der Waals surface area contributed by atoms with E-state index in [0.29, 0.717) is 17.9 Å². The molecule has 3 N–H and O–H groups in total. The Labute approximate surface area is 151 Å². The zero-order valence-electron chi connectivity index (χ0n) is 14.4. The lowest BCUT2D eigenvalue weighted by atomic mass is 9.91. The second kappa shape index (κ2) is 9.62. The van der Waals surface area contributed by atoms with Gasteiger partial charge in [0.1, 0.15) is 5.75 Å². The standard InChI is InChI=1S/C15H20N2O.C4H4O4/c18-13-3-4-14-12(10-17-15(14)9-13)2-1-11-5-7-16-8-6-11;5-3(6)1-2-4(7)8/h3-4,9-11,16-18H,1-2,5-8H2;1-2H,(H,5,6)(H,7,8)/p-2/b;2-1+. The van der Waals surface area contributed by atoms with Crippen molar-refractivity contribution < 1.29 is 24.9 Å². The fourth-order valence-electron chi connectivity index (χ4n) is 3.05. The number of fused-ring (bicyclic) bond motifs is 1. The van der Waals surface area contributed by atoms with Gasteiger partial charge in [-0.1, -0.05) is 0 Å². The van der Waals surface area contributed by atoms with Gasteiger partial charge in [-0.2, -0.15) is 0 Å². The third kappa shape index (κ3) is 6.25. The van der Waals surface area contributed by atoms with Crippen LogP contribution in [0, 0.1) is 5.92 Å². The predicted octanol–water partition coefficient (Wildman–Crippen LogP) is -0.152. The van der Waals surface area contributed by atoms with E-state index in [1.165, 1.54) is 43.3 Å². The van der Waals surface area contributed by atoms with Gasteiger partial charge in [0.25, 0.3) is 0 Å². The first-order chi connectivity index (χ1) is 12.5. The second-order valence-electron chi connectivity index (χ2n) is 6.25. The number of aromatic nitrogens is 1. The number of hydrogen-bond donors (Lipinski definition) is 3. The number of phenols is 1. The Bertz CT molecular complexity index is 759. The van der Waals surface area contributed by atoms with E-state index in [1.54, 1.807) is 12.1 Å². The molecule has 0 unspecified atom stereocenters. The molecule has 0 radical (unpaired) electrons. The van der Waals surface area contributed by atoms with Gasteiger partial charge in [-0.3, -0.25) is 0 Å². The van der Waals surface area contributed by atoms with E-state index >= 15 is 0 Å². The monoisotopic (exact) mass is 358 g/mol. The van der Waals surface area contributed by atoms with Crippen LogP contribution >= 0.6 is 0 Å². The van der Waals surface area contributed by atoms with Crippen molar-refractivity contribution in [2.75, 3.05) is 13.1 Å². The number of carbonyl (C=O) groups excluding carboxylic acids is 2. The van der Waals surface area contributed by atoms with Crippen LogP contribution in [0.1, 0.15) is 24.8 Å². The van der Waals surface area contributed by atoms with Gasteiger partial charge >= 0.3 is 0 Å². The molecule has 1 fully saturated rings. The SMILES string of the molecule is O=C([O-])/C=C/C(=O)[O-].Oc1ccc2c(CCC3CCNCC3)c[nH]c2c1. The molecule has 140 valence electrons. The zero-order chi connectivity index (χ0) is 18.9. The minimum atomic E-state index is -1.55. The Hall–Kier alpha value is -2.80. The number of carbonyl (C=O) groups is 2. The van der Waals surface area contributed by atoms with Crippen LogP contribution in [0.2, 0.25) is 0 Å². The molecule has 1 aromatic heterocycles. The molecule has 7 nitrogen and oxygen atoms in total. The third-order valence-electron chi connectivity index (χ3n) is 4.39. The lowest BCUT2D eigenvalue weighted by molar-refractivity contribution is -0.301. The van der Waals surface area contributed by atoms with E-state index in [4.69, 9.17) is 0 Å². The number of benzene rings is 1. The number of carboxylic acid groups (broad SMARTS) is 2. The fourth-order valence-corrected chi connectivity index (χ4v) is 3.05. The highest BCUT2D eigenvalue weighted by molar-refractivity contribution is 5.87. The number of aromatic amines is 1. The topological polar surface area (TPSA) is 128 Å². The third-order valence-corrected chi connectivity index (χ3v) is 4.39. The van der Waals surface area contributed by atoms with Gasteiger partial charge in [0, 0.05) is 23.2 Å². The molecule has 1 aliphatic heterocycles. The molecular weight excluding hydrogens is 336 g/mol. The first kappa shape index (κ1) is 19.5. The number of nitrogens with one attached hydrogen (secondary N) is 2. The highest BCUT2D eigenvalue weighted by atomic mass is 16.4. The molecule has 0 bridgehead atoms. The molecule has 0 amide bonds. The van der Waals surface area contributed by atoms with Crippen LogP contribution in [0.25, 0.3) is 10.9 Å². The fraction of sp³-hybridized carbons (Fsp3) is 0.368. The average molecular weight is 358 g/mol. The van der Waals surface area contributed by atoms with Gasteiger partial charge in [-0.15, -0.1) is 0 Å². The zero-order valence-corrected chi connectivity index (χ0v) is 14.4. The van der Waals surface area contributed by atoms with Crippen molar-refractivity contribution in [1.82, 2.24) is 10.3 Å². The summed E-state index contributed by atoms with van der Waals surface area (Å²) < 4.78 is 0. The van der Waals surface area contributed by atoms with Crippen LogP contribution in [-0.4, -0.2) is 35.1 Å². The van der Waals surface area contributed by atoms with Crippen LogP contribution in [0.15, 0.2) is 36.5 Å². The second-order valence-corrected chi connectivity index (χ2v) is 6.25. The van der Waals surface area contributed by atoms with Crippen molar-refractivity contribution >= 4 is 22.8 Å². The van der Waals surface area contributed by atoms with Gasteiger partial charge in [0.2, 0.25) is 0 Å². The lowest BCUT2D eigenvalue weighted by Gasteiger charge is -2.22. The molecule has 3 rings (SSSR count). The van der Waals surface area contributed by atoms with Crippen molar-refractivity contribution in [3.63, 3.8) is 0 Å². The molecule has 1 saturated heterocycles. The van der Waals surface area contributed by atoms with Crippen LogP contribution in [0.3, 0.4) is 0 Å². The maximum absolute atomic E-state index is 9.45. The van der Waals surface area contributed by atoms with Crippen LogP contribution in [0.4, 0.5) is 0 Å². The number of aliphatic carboxylic acids is 2. The molecule has 1 aliphatic rings. The number of phenolic OH excluding ortho intramolecular Hbond substituents is 1. The summed E-state index contributed by atoms with van der Waals surface area (Å²) in [5.74, 6) is -1.90. The van der Waals surface area contributed by atoms with Crippen LogP contribution in [-0.2, 0) is 16.0 Å².